The molecule has 2 rings (SSSR count). The Morgan fingerprint density at radius 3 is 2.72 bits per heavy atom. The highest BCUT2D eigenvalue weighted by molar-refractivity contribution is 5.92. The Kier molecular flexibility index (Phi) is 4.96. The molecule has 1 amide bonds. The van der Waals surface area contributed by atoms with Crippen LogP contribution in [0.4, 0.5) is 5.69 Å². The first-order chi connectivity index (χ1) is 8.08. The summed E-state index contributed by atoms with van der Waals surface area (Å²) in [6, 6.07) is 3.41. The molecule has 1 unspecified atom stereocenters. The van der Waals surface area contributed by atoms with Crippen molar-refractivity contribution in [2.75, 3.05) is 18.8 Å². The summed E-state index contributed by atoms with van der Waals surface area (Å²) >= 11 is 0. The predicted octanol–water partition coefficient (Wildman–Crippen LogP) is 2.20. The Labute approximate surface area is 114 Å². The molecule has 0 radical (unpaired) electrons. The average molecular weight is 270 g/mol. The monoisotopic (exact) mass is 269 g/mol. The molecule has 4 nitrogen and oxygen atoms in total. The molecule has 100 valence electrons. The minimum Gasteiger partial charge on any atom is -0.397 e. The number of nitrogens with two attached hydrogens (primary N) is 1. The lowest BCUT2D eigenvalue weighted by molar-refractivity contribution is 0.0778. The van der Waals surface area contributed by atoms with Gasteiger partial charge in [0, 0.05) is 13.1 Å². The smallest absolute Gasteiger partial charge is 0.272 e. The molecule has 0 aliphatic carbocycles. The zero-order valence-corrected chi connectivity index (χ0v) is 11.6. The zero-order valence-electron chi connectivity index (χ0n) is 10.8. The number of halogens is 1. The van der Waals surface area contributed by atoms with Crippen molar-refractivity contribution in [3.8, 4) is 0 Å². The van der Waals surface area contributed by atoms with Crippen molar-refractivity contribution in [1.29, 1.82) is 0 Å². The quantitative estimate of drug-likeness (QED) is 0.895. The fourth-order valence-electron chi connectivity index (χ4n) is 2.21. The molecule has 0 aromatic carbocycles. The van der Waals surface area contributed by atoms with Gasteiger partial charge in [-0.1, -0.05) is 13.8 Å². The predicted molar refractivity (Wildman–Crippen MR) is 74.7 cm³/mol. The van der Waals surface area contributed by atoms with E-state index in [1.807, 2.05) is 4.90 Å². The van der Waals surface area contributed by atoms with Crippen molar-refractivity contribution in [2.45, 2.75) is 20.3 Å². The first kappa shape index (κ1) is 14.8. The van der Waals surface area contributed by atoms with E-state index in [2.05, 4.69) is 18.8 Å². The second-order valence-corrected chi connectivity index (χ2v) is 5.02. The van der Waals surface area contributed by atoms with Crippen LogP contribution in [0.15, 0.2) is 18.3 Å². The lowest BCUT2D eigenvalue weighted by Crippen LogP contribution is -2.30. The summed E-state index contributed by atoms with van der Waals surface area (Å²) in [6.07, 6.45) is 2.63. The highest BCUT2D eigenvalue weighted by atomic mass is 35.5. The summed E-state index contributed by atoms with van der Waals surface area (Å²) in [4.78, 5) is 18.1. The number of amides is 1. The molecule has 0 spiro atoms. The minimum atomic E-state index is 0. The highest BCUT2D eigenvalue weighted by Gasteiger charge is 2.28. The summed E-state index contributed by atoms with van der Waals surface area (Å²) in [5.41, 5.74) is 6.63. The molecular formula is C13H20ClN3O. The van der Waals surface area contributed by atoms with E-state index >= 15 is 0 Å². The Hall–Kier alpha value is -1.29. The number of pyridine rings is 1. The van der Waals surface area contributed by atoms with Crippen molar-refractivity contribution >= 4 is 24.0 Å². The second-order valence-electron chi connectivity index (χ2n) is 5.02. The standard InChI is InChI=1S/C13H19N3O.ClH/c1-9(2)10-5-6-16(8-10)13(17)12-4-3-11(14)7-15-12;/h3-4,7,9-10H,5-6,8,14H2,1-2H3;1H. The van der Waals surface area contributed by atoms with E-state index in [9.17, 15) is 4.79 Å². The lowest BCUT2D eigenvalue weighted by Gasteiger charge is -2.17. The number of hydrogen-bond acceptors (Lipinski definition) is 3. The Bertz CT molecular complexity index is 405. The van der Waals surface area contributed by atoms with Gasteiger partial charge >= 0.3 is 0 Å². The van der Waals surface area contributed by atoms with Crippen LogP contribution in [0.25, 0.3) is 0 Å². The van der Waals surface area contributed by atoms with Gasteiger partial charge in [0.05, 0.1) is 11.9 Å². The number of aromatic nitrogens is 1. The molecule has 1 aromatic rings. The maximum Gasteiger partial charge on any atom is 0.272 e. The molecule has 1 aromatic heterocycles. The van der Waals surface area contributed by atoms with Gasteiger partial charge in [0.1, 0.15) is 5.69 Å². The van der Waals surface area contributed by atoms with Gasteiger partial charge in [-0.2, -0.15) is 0 Å². The number of nitrogen functional groups attached to an aromatic ring is 1. The summed E-state index contributed by atoms with van der Waals surface area (Å²) < 4.78 is 0. The minimum absolute atomic E-state index is 0. The third-order valence-corrected chi connectivity index (χ3v) is 3.46. The summed E-state index contributed by atoms with van der Waals surface area (Å²) in [7, 11) is 0. The number of hydrogen-bond donors (Lipinski definition) is 1. The number of rotatable bonds is 2. The van der Waals surface area contributed by atoms with Gasteiger partial charge in [0.15, 0.2) is 0 Å². The van der Waals surface area contributed by atoms with E-state index in [0.29, 0.717) is 23.2 Å². The van der Waals surface area contributed by atoms with Crippen LogP contribution in [0.1, 0.15) is 30.8 Å². The van der Waals surface area contributed by atoms with Crippen LogP contribution in [-0.2, 0) is 0 Å². The van der Waals surface area contributed by atoms with E-state index < -0.39 is 0 Å². The third kappa shape index (κ3) is 3.13. The molecule has 5 heteroatoms. The van der Waals surface area contributed by atoms with Crippen LogP contribution < -0.4 is 5.73 Å². The molecule has 2 N–H and O–H groups in total. The fourth-order valence-corrected chi connectivity index (χ4v) is 2.21. The molecule has 1 atom stereocenters. The Balaban J connectivity index is 0.00000162. The number of likely N-dealkylation sites (tertiary alicyclic amines) is 1. The van der Waals surface area contributed by atoms with Crippen LogP contribution in [0.2, 0.25) is 0 Å². The third-order valence-electron chi connectivity index (χ3n) is 3.46. The van der Waals surface area contributed by atoms with E-state index in [0.717, 1.165) is 19.5 Å². The fraction of sp³-hybridized carbons (Fsp3) is 0.538. The maximum absolute atomic E-state index is 12.1. The number of carbonyl (C=O) groups excluding carboxylic acids is 1. The maximum atomic E-state index is 12.1. The van der Waals surface area contributed by atoms with Crippen molar-refractivity contribution in [1.82, 2.24) is 9.88 Å². The van der Waals surface area contributed by atoms with Gasteiger partial charge in [-0.15, -0.1) is 12.4 Å². The van der Waals surface area contributed by atoms with Gasteiger partial charge in [-0.05, 0) is 30.4 Å². The van der Waals surface area contributed by atoms with Gasteiger partial charge in [-0.25, -0.2) is 4.98 Å². The van der Waals surface area contributed by atoms with E-state index in [-0.39, 0.29) is 18.3 Å². The SMILES string of the molecule is CC(C)C1CCN(C(=O)c2ccc(N)cn2)C1.Cl. The Morgan fingerprint density at radius 2 is 2.22 bits per heavy atom. The van der Waals surface area contributed by atoms with Crippen molar-refractivity contribution in [2.24, 2.45) is 11.8 Å². The molecule has 1 aliphatic heterocycles. The largest absolute Gasteiger partial charge is 0.397 e. The summed E-state index contributed by atoms with van der Waals surface area (Å²) in [5, 5.41) is 0. The first-order valence-electron chi connectivity index (χ1n) is 6.08. The highest BCUT2D eigenvalue weighted by Crippen LogP contribution is 2.24. The van der Waals surface area contributed by atoms with Crippen LogP contribution >= 0.6 is 12.4 Å². The van der Waals surface area contributed by atoms with Crippen LogP contribution in [0.5, 0.6) is 0 Å². The van der Waals surface area contributed by atoms with Gasteiger partial charge in [0.25, 0.3) is 5.91 Å². The molecule has 1 saturated heterocycles. The van der Waals surface area contributed by atoms with Crippen molar-refractivity contribution in [3.05, 3.63) is 24.0 Å². The van der Waals surface area contributed by atoms with Gasteiger partial charge < -0.3 is 10.6 Å². The zero-order chi connectivity index (χ0) is 12.4. The topological polar surface area (TPSA) is 59.2 Å². The number of carbonyl (C=O) groups is 1. The number of nitrogens with zero attached hydrogens (tertiary/aromatic N) is 2. The van der Waals surface area contributed by atoms with Crippen LogP contribution in [0.3, 0.4) is 0 Å². The van der Waals surface area contributed by atoms with Crippen LogP contribution in [-0.4, -0.2) is 28.9 Å². The second kappa shape index (κ2) is 6.05. The van der Waals surface area contributed by atoms with E-state index in [4.69, 9.17) is 5.73 Å². The van der Waals surface area contributed by atoms with Gasteiger partial charge in [-0.3, -0.25) is 4.79 Å². The van der Waals surface area contributed by atoms with Gasteiger partial charge in [0.2, 0.25) is 0 Å². The molecule has 1 aliphatic rings. The van der Waals surface area contributed by atoms with E-state index in [1.54, 1.807) is 12.1 Å². The average Bonchev–Trinajstić information content (AvgIpc) is 2.78. The summed E-state index contributed by atoms with van der Waals surface area (Å²) in [6.45, 7) is 6.11. The number of anilines is 1. The summed E-state index contributed by atoms with van der Waals surface area (Å²) in [5.74, 6) is 1.27. The molecule has 0 saturated carbocycles. The lowest BCUT2D eigenvalue weighted by atomic mass is 9.95. The molecule has 0 bridgehead atoms. The van der Waals surface area contributed by atoms with Crippen LogP contribution in [0, 0.1) is 11.8 Å². The van der Waals surface area contributed by atoms with Crippen molar-refractivity contribution < 1.29 is 4.79 Å². The van der Waals surface area contributed by atoms with E-state index in [1.165, 1.54) is 6.20 Å². The van der Waals surface area contributed by atoms with Crippen molar-refractivity contribution in [3.63, 3.8) is 0 Å². The molecular weight excluding hydrogens is 250 g/mol. The first-order valence-corrected chi connectivity index (χ1v) is 6.08. The molecule has 18 heavy (non-hydrogen) atoms. The normalized spacial score (nSPS) is 18.8. The Morgan fingerprint density at radius 1 is 1.50 bits per heavy atom. The molecule has 2 heterocycles. The molecule has 1 fully saturated rings.